The van der Waals surface area contributed by atoms with E-state index in [1.54, 1.807) is 6.08 Å². The summed E-state index contributed by atoms with van der Waals surface area (Å²) >= 11 is 0. The molecule has 0 rings (SSSR count). The minimum atomic E-state index is -0.540. The van der Waals surface area contributed by atoms with E-state index in [1.807, 2.05) is 20.8 Å². The van der Waals surface area contributed by atoms with Gasteiger partial charge in [-0.15, -0.1) is 0 Å². The molecule has 0 radical (unpaired) electrons. The zero-order valence-corrected chi connectivity index (χ0v) is 15.3. The second-order valence-corrected chi connectivity index (χ2v) is 6.77. The van der Waals surface area contributed by atoms with Crippen molar-refractivity contribution in [3.63, 3.8) is 0 Å². The van der Waals surface area contributed by atoms with Crippen LogP contribution in [-0.2, 0) is 0 Å². The number of hydrogen-bond donors (Lipinski definition) is 2. The molecular formula is C20H36O2. The van der Waals surface area contributed by atoms with E-state index in [0.29, 0.717) is 0 Å². The minimum Gasteiger partial charge on any atom is -0.396 e. The zero-order chi connectivity index (χ0) is 17.8. The van der Waals surface area contributed by atoms with Gasteiger partial charge in [-0.3, -0.25) is 0 Å². The second-order valence-electron chi connectivity index (χ2n) is 6.77. The molecule has 0 aromatic rings. The molecule has 1 unspecified atom stereocenters. The predicted octanol–water partition coefficient (Wildman–Crippen LogP) is 5.20. The van der Waals surface area contributed by atoms with Crippen molar-refractivity contribution in [1.82, 2.24) is 0 Å². The predicted molar refractivity (Wildman–Crippen MR) is 98.9 cm³/mol. The van der Waals surface area contributed by atoms with Gasteiger partial charge >= 0.3 is 0 Å². The summed E-state index contributed by atoms with van der Waals surface area (Å²) in [5, 5.41) is 18.3. The summed E-state index contributed by atoms with van der Waals surface area (Å²) in [5.41, 5.74) is 2.87. The fraction of sp³-hybridized carbons (Fsp3) is 0.600. The van der Waals surface area contributed by atoms with Crippen LogP contribution in [0, 0.1) is 5.92 Å². The minimum absolute atomic E-state index is 0.207. The van der Waals surface area contributed by atoms with Crippen molar-refractivity contribution in [2.45, 2.75) is 65.9 Å². The summed E-state index contributed by atoms with van der Waals surface area (Å²) < 4.78 is 0. The largest absolute Gasteiger partial charge is 0.396 e. The first kappa shape index (κ1) is 23.2. The summed E-state index contributed by atoms with van der Waals surface area (Å²) in [4.78, 5) is 0. The van der Waals surface area contributed by atoms with E-state index < -0.39 is 5.60 Å². The Bertz CT molecular complexity index is 366. The second kappa shape index (κ2) is 12.4. The molecule has 0 heterocycles. The summed E-state index contributed by atoms with van der Waals surface area (Å²) in [6.45, 7) is 21.2. The van der Waals surface area contributed by atoms with Gasteiger partial charge in [-0.05, 0) is 60.3 Å². The molecule has 0 aliphatic heterocycles. The van der Waals surface area contributed by atoms with Gasteiger partial charge in [0.2, 0.25) is 0 Å². The van der Waals surface area contributed by atoms with Gasteiger partial charge in [-0.1, -0.05) is 48.6 Å². The average molecular weight is 309 g/mol. The summed E-state index contributed by atoms with van der Waals surface area (Å²) in [5.74, 6) is 0.241. The standard InChI is InChI=1S/2C10H18O/c1-8(2)5-6-10(7-11)9(3)4;1-5-9(2)7-6-8-10(3,4)11/h5,10-11H,3,6-7H2,1-2,4H3;5,11H,1-2,6-8H2,3-4H3. The highest BCUT2D eigenvalue weighted by Gasteiger charge is 2.10. The number of rotatable bonds is 9. The van der Waals surface area contributed by atoms with Gasteiger partial charge in [0, 0.05) is 12.5 Å². The van der Waals surface area contributed by atoms with Gasteiger partial charge < -0.3 is 10.2 Å². The van der Waals surface area contributed by atoms with Crippen LogP contribution in [0.25, 0.3) is 0 Å². The summed E-state index contributed by atoms with van der Waals surface area (Å²) in [6, 6.07) is 0. The van der Waals surface area contributed by atoms with Gasteiger partial charge in [0.05, 0.1) is 5.60 Å². The van der Waals surface area contributed by atoms with Crippen LogP contribution in [-0.4, -0.2) is 22.4 Å². The Morgan fingerprint density at radius 3 is 2.05 bits per heavy atom. The van der Waals surface area contributed by atoms with Gasteiger partial charge in [0.1, 0.15) is 0 Å². The van der Waals surface area contributed by atoms with Gasteiger partial charge in [-0.2, -0.15) is 0 Å². The molecule has 0 amide bonds. The van der Waals surface area contributed by atoms with Crippen LogP contribution >= 0.6 is 0 Å². The maximum atomic E-state index is 9.35. The fourth-order valence-electron chi connectivity index (χ4n) is 1.66. The van der Waals surface area contributed by atoms with Crippen LogP contribution in [0.2, 0.25) is 0 Å². The fourth-order valence-corrected chi connectivity index (χ4v) is 1.66. The van der Waals surface area contributed by atoms with Crippen molar-refractivity contribution in [3.05, 3.63) is 48.6 Å². The Kier molecular flexibility index (Phi) is 13.1. The van der Waals surface area contributed by atoms with Gasteiger partial charge in [0.15, 0.2) is 0 Å². The highest BCUT2D eigenvalue weighted by Crippen LogP contribution is 2.15. The smallest absolute Gasteiger partial charge is 0.0591 e. The lowest BCUT2D eigenvalue weighted by molar-refractivity contribution is 0.0690. The quantitative estimate of drug-likeness (QED) is 0.454. The van der Waals surface area contributed by atoms with Crippen LogP contribution in [0.15, 0.2) is 48.6 Å². The molecule has 0 aromatic heterocycles. The van der Waals surface area contributed by atoms with Crippen LogP contribution < -0.4 is 0 Å². The molecule has 0 aliphatic rings. The van der Waals surface area contributed by atoms with Crippen molar-refractivity contribution in [2.24, 2.45) is 5.92 Å². The van der Waals surface area contributed by atoms with Crippen molar-refractivity contribution >= 4 is 0 Å². The van der Waals surface area contributed by atoms with Crippen molar-refractivity contribution < 1.29 is 10.2 Å². The first-order valence-corrected chi connectivity index (χ1v) is 7.95. The Morgan fingerprint density at radius 2 is 1.73 bits per heavy atom. The van der Waals surface area contributed by atoms with Crippen LogP contribution in [0.5, 0.6) is 0 Å². The van der Waals surface area contributed by atoms with Crippen molar-refractivity contribution in [2.75, 3.05) is 6.61 Å². The molecular weight excluding hydrogens is 272 g/mol. The number of allylic oxidation sites excluding steroid dienone is 4. The maximum absolute atomic E-state index is 9.35. The van der Waals surface area contributed by atoms with E-state index in [9.17, 15) is 5.11 Å². The van der Waals surface area contributed by atoms with Crippen molar-refractivity contribution in [1.29, 1.82) is 0 Å². The van der Waals surface area contributed by atoms with Crippen LogP contribution in [0.1, 0.15) is 60.3 Å². The molecule has 2 heteroatoms. The van der Waals surface area contributed by atoms with Crippen LogP contribution in [0.4, 0.5) is 0 Å². The summed E-state index contributed by atoms with van der Waals surface area (Å²) in [7, 11) is 0. The molecule has 0 spiro atoms. The molecule has 0 bridgehead atoms. The van der Waals surface area contributed by atoms with E-state index >= 15 is 0 Å². The first-order valence-electron chi connectivity index (χ1n) is 7.95. The van der Waals surface area contributed by atoms with E-state index in [4.69, 9.17) is 5.11 Å². The monoisotopic (exact) mass is 308 g/mol. The lowest BCUT2D eigenvalue weighted by atomic mass is 9.98. The average Bonchev–Trinajstić information content (AvgIpc) is 2.37. The lowest BCUT2D eigenvalue weighted by Crippen LogP contribution is -2.17. The molecule has 1 atom stereocenters. The number of hydrogen-bond acceptors (Lipinski definition) is 2. The van der Waals surface area contributed by atoms with E-state index in [2.05, 4.69) is 39.7 Å². The zero-order valence-electron chi connectivity index (χ0n) is 15.3. The Balaban J connectivity index is 0. The third-order valence-corrected chi connectivity index (χ3v) is 3.30. The van der Waals surface area contributed by atoms with Crippen molar-refractivity contribution in [3.8, 4) is 0 Å². The van der Waals surface area contributed by atoms with Gasteiger partial charge in [-0.25, -0.2) is 0 Å². The molecule has 2 nitrogen and oxygen atoms in total. The molecule has 0 saturated carbocycles. The molecule has 0 aromatic carbocycles. The summed E-state index contributed by atoms with van der Waals surface area (Å²) in [6.07, 6.45) is 7.55. The topological polar surface area (TPSA) is 40.5 Å². The molecule has 22 heavy (non-hydrogen) atoms. The highest BCUT2D eigenvalue weighted by molar-refractivity contribution is 5.10. The highest BCUT2D eigenvalue weighted by atomic mass is 16.3. The Hall–Kier alpha value is -1.12. The normalized spacial score (nSPS) is 11.8. The molecule has 0 aliphatic carbocycles. The third-order valence-electron chi connectivity index (χ3n) is 3.30. The SMILES string of the molecule is C=C(C)C(CO)CC=C(C)C.C=CC(=C)CCCC(C)(C)O. The molecule has 0 fully saturated rings. The Morgan fingerprint density at radius 1 is 1.18 bits per heavy atom. The molecule has 0 saturated heterocycles. The first-order chi connectivity index (χ1) is 10.0. The number of aliphatic hydroxyl groups excluding tert-OH is 1. The Labute approximate surface area is 138 Å². The van der Waals surface area contributed by atoms with E-state index in [-0.39, 0.29) is 12.5 Å². The molecule has 2 N–H and O–H groups in total. The maximum Gasteiger partial charge on any atom is 0.0591 e. The van der Waals surface area contributed by atoms with E-state index in [1.165, 1.54) is 5.57 Å². The van der Waals surface area contributed by atoms with E-state index in [0.717, 1.165) is 36.8 Å². The lowest BCUT2D eigenvalue weighted by Gasteiger charge is -2.16. The third kappa shape index (κ3) is 16.9. The number of aliphatic hydroxyl groups is 2. The van der Waals surface area contributed by atoms with Gasteiger partial charge in [0.25, 0.3) is 0 Å². The molecule has 128 valence electrons. The van der Waals surface area contributed by atoms with Crippen LogP contribution in [0.3, 0.4) is 0 Å².